The van der Waals surface area contributed by atoms with E-state index in [4.69, 9.17) is 21.7 Å². The Kier molecular flexibility index (Phi) is 9.42. The summed E-state index contributed by atoms with van der Waals surface area (Å²) in [5, 5.41) is 3.34. The quantitative estimate of drug-likeness (QED) is 0.372. The monoisotopic (exact) mass is 357 g/mol. The lowest BCUT2D eigenvalue weighted by Crippen LogP contribution is -2.50. The SMILES string of the molecule is CCOc1ccc(SCC(=O)NNC(=S)N[C@H](C)COC)cc1. The summed E-state index contributed by atoms with van der Waals surface area (Å²) < 4.78 is 10.4. The van der Waals surface area contributed by atoms with Crippen molar-refractivity contribution in [1.82, 2.24) is 16.2 Å². The van der Waals surface area contributed by atoms with Crippen LogP contribution in [0.3, 0.4) is 0 Å². The molecule has 128 valence electrons. The van der Waals surface area contributed by atoms with Gasteiger partial charge in [0, 0.05) is 18.0 Å². The summed E-state index contributed by atoms with van der Waals surface area (Å²) >= 11 is 6.50. The van der Waals surface area contributed by atoms with Crippen LogP contribution < -0.4 is 20.9 Å². The van der Waals surface area contributed by atoms with E-state index in [-0.39, 0.29) is 17.7 Å². The zero-order valence-electron chi connectivity index (χ0n) is 13.5. The van der Waals surface area contributed by atoms with E-state index in [2.05, 4.69) is 16.2 Å². The molecule has 0 bridgehead atoms. The molecule has 6 nitrogen and oxygen atoms in total. The molecule has 0 unspecified atom stereocenters. The van der Waals surface area contributed by atoms with Crippen molar-refractivity contribution in [3.63, 3.8) is 0 Å². The Morgan fingerprint density at radius 2 is 2.00 bits per heavy atom. The second-order valence-corrected chi connectivity index (χ2v) is 6.15. The number of carbonyl (C=O) groups excluding carboxylic acids is 1. The summed E-state index contributed by atoms with van der Waals surface area (Å²) in [5.74, 6) is 0.953. The molecule has 1 amide bonds. The molecule has 0 aliphatic heterocycles. The van der Waals surface area contributed by atoms with Crippen molar-refractivity contribution in [3.8, 4) is 5.75 Å². The van der Waals surface area contributed by atoms with Crippen LogP contribution in [0.1, 0.15) is 13.8 Å². The number of hydrogen-bond acceptors (Lipinski definition) is 5. The average molecular weight is 358 g/mol. The second kappa shape index (κ2) is 11.1. The lowest BCUT2D eigenvalue weighted by Gasteiger charge is -2.16. The van der Waals surface area contributed by atoms with Gasteiger partial charge in [-0.3, -0.25) is 15.6 Å². The first kappa shape index (κ1) is 19.5. The molecule has 1 aromatic rings. The van der Waals surface area contributed by atoms with E-state index < -0.39 is 0 Å². The highest BCUT2D eigenvalue weighted by molar-refractivity contribution is 8.00. The zero-order valence-corrected chi connectivity index (χ0v) is 15.2. The molecule has 0 aliphatic rings. The molecule has 0 heterocycles. The summed E-state index contributed by atoms with van der Waals surface area (Å²) in [5.41, 5.74) is 5.22. The number of benzene rings is 1. The van der Waals surface area contributed by atoms with Gasteiger partial charge < -0.3 is 14.8 Å². The molecule has 0 saturated heterocycles. The van der Waals surface area contributed by atoms with E-state index in [1.54, 1.807) is 7.11 Å². The van der Waals surface area contributed by atoms with Crippen LogP contribution >= 0.6 is 24.0 Å². The fourth-order valence-corrected chi connectivity index (χ4v) is 2.61. The maximum Gasteiger partial charge on any atom is 0.248 e. The number of amides is 1. The van der Waals surface area contributed by atoms with Crippen LogP contribution in [0.15, 0.2) is 29.2 Å². The highest BCUT2D eigenvalue weighted by Crippen LogP contribution is 2.21. The zero-order chi connectivity index (χ0) is 17.1. The third-order valence-corrected chi connectivity index (χ3v) is 3.85. The molecule has 0 aromatic heterocycles. The van der Waals surface area contributed by atoms with Crippen molar-refractivity contribution in [2.45, 2.75) is 24.8 Å². The highest BCUT2D eigenvalue weighted by atomic mass is 32.2. The molecular weight excluding hydrogens is 334 g/mol. The Bertz CT molecular complexity index is 497. The van der Waals surface area contributed by atoms with Crippen LogP contribution in [0.5, 0.6) is 5.75 Å². The number of thiocarbonyl (C=S) groups is 1. The molecule has 0 saturated carbocycles. The number of hydrazine groups is 1. The first-order chi connectivity index (χ1) is 11.0. The maximum atomic E-state index is 11.8. The molecule has 0 radical (unpaired) electrons. The molecule has 1 atom stereocenters. The first-order valence-electron chi connectivity index (χ1n) is 7.25. The van der Waals surface area contributed by atoms with E-state index >= 15 is 0 Å². The van der Waals surface area contributed by atoms with Crippen molar-refractivity contribution >= 4 is 35.0 Å². The third kappa shape index (κ3) is 8.63. The highest BCUT2D eigenvalue weighted by Gasteiger charge is 2.06. The maximum absolute atomic E-state index is 11.8. The van der Waals surface area contributed by atoms with Crippen molar-refractivity contribution in [3.05, 3.63) is 24.3 Å². The number of nitrogens with one attached hydrogen (secondary N) is 3. The lowest BCUT2D eigenvalue weighted by atomic mass is 10.3. The number of thioether (sulfide) groups is 1. The minimum Gasteiger partial charge on any atom is -0.494 e. The van der Waals surface area contributed by atoms with Gasteiger partial charge in [0.2, 0.25) is 5.91 Å². The summed E-state index contributed by atoms with van der Waals surface area (Å²) in [6.45, 7) is 5.04. The minimum absolute atomic E-state index is 0.0649. The van der Waals surface area contributed by atoms with Gasteiger partial charge >= 0.3 is 0 Å². The van der Waals surface area contributed by atoms with Crippen LogP contribution in [-0.2, 0) is 9.53 Å². The summed E-state index contributed by atoms with van der Waals surface area (Å²) in [4.78, 5) is 12.8. The van der Waals surface area contributed by atoms with E-state index in [1.165, 1.54) is 11.8 Å². The second-order valence-electron chi connectivity index (χ2n) is 4.70. The summed E-state index contributed by atoms with van der Waals surface area (Å²) in [7, 11) is 1.62. The minimum atomic E-state index is -0.160. The van der Waals surface area contributed by atoms with Crippen LogP contribution in [0.25, 0.3) is 0 Å². The topological polar surface area (TPSA) is 71.6 Å². The number of hydrogen-bond donors (Lipinski definition) is 3. The first-order valence-corrected chi connectivity index (χ1v) is 8.64. The predicted molar refractivity (Wildman–Crippen MR) is 96.7 cm³/mol. The van der Waals surface area contributed by atoms with Gasteiger partial charge in [-0.2, -0.15) is 0 Å². The van der Waals surface area contributed by atoms with E-state index in [0.29, 0.717) is 18.3 Å². The van der Waals surface area contributed by atoms with Gasteiger partial charge in [0.05, 0.1) is 19.0 Å². The molecule has 0 aliphatic carbocycles. The van der Waals surface area contributed by atoms with Crippen molar-refractivity contribution < 1.29 is 14.3 Å². The van der Waals surface area contributed by atoms with Crippen molar-refractivity contribution in [1.29, 1.82) is 0 Å². The number of ether oxygens (including phenoxy) is 2. The molecule has 0 spiro atoms. The van der Waals surface area contributed by atoms with Crippen LogP contribution in [0, 0.1) is 0 Å². The van der Waals surface area contributed by atoms with Gasteiger partial charge in [0.1, 0.15) is 5.75 Å². The van der Waals surface area contributed by atoms with Crippen LogP contribution in [0.4, 0.5) is 0 Å². The fourth-order valence-electron chi connectivity index (χ4n) is 1.66. The smallest absolute Gasteiger partial charge is 0.248 e. The van der Waals surface area contributed by atoms with Gasteiger partial charge in [-0.25, -0.2) is 0 Å². The largest absolute Gasteiger partial charge is 0.494 e. The van der Waals surface area contributed by atoms with E-state index in [9.17, 15) is 4.79 Å². The molecule has 8 heteroatoms. The van der Waals surface area contributed by atoms with Gasteiger partial charge in [0.25, 0.3) is 0 Å². The van der Waals surface area contributed by atoms with Crippen LogP contribution in [0.2, 0.25) is 0 Å². The van der Waals surface area contributed by atoms with Crippen molar-refractivity contribution in [2.24, 2.45) is 0 Å². The average Bonchev–Trinajstić information content (AvgIpc) is 2.52. The Labute approximate surface area is 146 Å². The summed E-state index contributed by atoms with van der Waals surface area (Å²) in [6.07, 6.45) is 0. The lowest BCUT2D eigenvalue weighted by molar-refractivity contribution is -0.119. The van der Waals surface area contributed by atoms with Gasteiger partial charge in [0.15, 0.2) is 5.11 Å². The number of carbonyl (C=O) groups is 1. The summed E-state index contributed by atoms with van der Waals surface area (Å²) in [6, 6.07) is 7.69. The van der Waals surface area contributed by atoms with Crippen LogP contribution in [-0.4, -0.2) is 43.1 Å². The standard InChI is InChI=1S/C15H23N3O3S2/c1-4-21-12-5-7-13(8-6-12)23-10-14(19)17-18-15(22)16-11(2)9-20-3/h5-8,11H,4,9-10H2,1-3H3,(H,17,19)(H2,16,18,22)/t11-/m1/s1. The third-order valence-electron chi connectivity index (χ3n) is 2.61. The van der Waals surface area contributed by atoms with Gasteiger partial charge in [-0.1, -0.05) is 0 Å². The molecule has 1 rings (SSSR count). The Balaban J connectivity index is 2.24. The Hall–Kier alpha value is -1.51. The van der Waals surface area contributed by atoms with Gasteiger partial charge in [-0.05, 0) is 50.3 Å². The van der Waals surface area contributed by atoms with E-state index in [0.717, 1.165) is 10.6 Å². The molecule has 3 N–H and O–H groups in total. The molecule has 0 fully saturated rings. The number of methoxy groups -OCH3 is 1. The van der Waals surface area contributed by atoms with Crippen molar-refractivity contribution in [2.75, 3.05) is 26.1 Å². The normalized spacial score (nSPS) is 11.4. The predicted octanol–water partition coefficient (Wildman–Crippen LogP) is 1.71. The number of rotatable bonds is 8. The Morgan fingerprint density at radius 3 is 2.61 bits per heavy atom. The van der Waals surface area contributed by atoms with E-state index in [1.807, 2.05) is 38.1 Å². The Morgan fingerprint density at radius 1 is 1.30 bits per heavy atom. The van der Waals surface area contributed by atoms with Gasteiger partial charge in [-0.15, -0.1) is 11.8 Å². The fraction of sp³-hybridized carbons (Fsp3) is 0.467. The molecular formula is C15H23N3O3S2. The molecule has 1 aromatic carbocycles. The molecule has 23 heavy (non-hydrogen) atoms.